The van der Waals surface area contributed by atoms with Crippen molar-refractivity contribution in [1.82, 2.24) is 10.6 Å². The van der Waals surface area contributed by atoms with E-state index in [1.165, 1.54) is 25.7 Å². The van der Waals surface area contributed by atoms with Crippen molar-refractivity contribution in [2.75, 3.05) is 6.54 Å². The Morgan fingerprint density at radius 3 is 2.48 bits per heavy atom. The Balaban J connectivity index is 2.31. The number of rotatable bonds is 5. The second-order valence-corrected chi connectivity index (χ2v) is 7.46. The van der Waals surface area contributed by atoms with E-state index in [-0.39, 0.29) is 6.03 Å². The van der Waals surface area contributed by atoms with Crippen molar-refractivity contribution in [2.45, 2.75) is 65.8 Å². The second-order valence-electron chi connectivity index (χ2n) is 7.46. The van der Waals surface area contributed by atoms with Crippen molar-refractivity contribution in [3.05, 3.63) is 0 Å². The summed E-state index contributed by atoms with van der Waals surface area (Å²) < 4.78 is 0. The maximum Gasteiger partial charge on any atom is 0.326 e. The van der Waals surface area contributed by atoms with Crippen LogP contribution in [0.5, 0.6) is 0 Å². The Hall–Kier alpha value is -1.26. The van der Waals surface area contributed by atoms with Crippen LogP contribution in [0.3, 0.4) is 0 Å². The molecule has 2 amide bonds. The zero-order chi connectivity index (χ0) is 16.0. The molecule has 5 nitrogen and oxygen atoms in total. The summed E-state index contributed by atoms with van der Waals surface area (Å²) in [6.45, 7) is 8.30. The van der Waals surface area contributed by atoms with Crippen LogP contribution in [0.1, 0.15) is 59.8 Å². The molecule has 122 valence electrons. The largest absolute Gasteiger partial charge is 0.480 e. The number of aliphatic carboxylic acids is 1. The van der Waals surface area contributed by atoms with E-state index in [1.54, 1.807) is 20.8 Å². The van der Waals surface area contributed by atoms with Crippen molar-refractivity contribution in [1.29, 1.82) is 0 Å². The molecule has 0 aliphatic heterocycles. The van der Waals surface area contributed by atoms with Gasteiger partial charge in [0.1, 0.15) is 6.04 Å². The predicted octanol–water partition coefficient (Wildman–Crippen LogP) is 3.00. The first-order valence-electron chi connectivity index (χ1n) is 7.97. The number of hydrogen-bond acceptors (Lipinski definition) is 2. The third kappa shape index (κ3) is 6.36. The van der Waals surface area contributed by atoms with E-state index in [1.807, 2.05) is 0 Å². The van der Waals surface area contributed by atoms with E-state index < -0.39 is 17.4 Å². The Morgan fingerprint density at radius 2 is 1.95 bits per heavy atom. The number of carbonyl (C=O) groups excluding carboxylic acids is 1. The lowest BCUT2D eigenvalue weighted by molar-refractivity contribution is -0.141. The van der Waals surface area contributed by atoms with Gasteiger partial charge in [0.2, 0.25) is 0 Å². The smallest absolute Gasteiger partial charge is 0.326 e. The highest BCUT2D eigenvalue weighted by molar-refractivity contribution is 5.83. The maximum absolute atomic E-state index is 11.8. The van der Waals surface area contributed by atoms with Crippen LogP contribution in [-0.2, 0) is 4.79 Å². The van der Waals surface area contributed by atoms with Gasteiger partial charge in [0, 0.05) is 6.54 Å². The predicted molar refractivity (Wildman–Crippen MR) is 83.2 cm³/mol. The van der Waals surface area contributed by atoms with Crippen LogP contribution in [0.15, 0.2) is 0 Å². The van der Waals surface area contributed by atoms with Gasteiger partial charge in [-0.05, 0) is 30.1 Å². The summed E-state index contributed by atoms with van der Waals surface area (Å²) in [5, 5.41) is 14.5. The van der Waals surface area contributed by atoms with Gasteiger partial charge in [0.25, 0.3) is 0 Å². The normalized spacial score (nSPS) is 24.2. The van der Waals surface area contributed by atoms with Gasteiger partial charge in [-0.1, -0.05) is 47.0 Å². The molecule has 21 heavy (non-hydrogen) atoms. The number of nitrogens with one attached hydrogen (secondary N) is 2. The summed E-state index contributed by atoms with van der Waals surface area (Å²) in [7, 11) is 0. The Labute approximate surface area is 127 Å². The van der Waals surface area contributed by atoms with Gasteiger partial charge in [-0.2, -0.15) is 0 Å². The molecule has 0 aromatic heterocycles. The molecule has 0 bridgehead atoms. The summed E-state index contributed by atoms with van der Waals surface area (Å²) in [4.78, 5) is 23.0. The van der Waals surface area contributed by atoms with E-state index in [0.717, 1.165) is 12.3 Å². The highest BCUT2D eigenvalue weighted by Gasteiger charge is 2.32. The number of urea groups is 1. The monoisotopic (exact) mass is 298 g/mol. The highest BCUT2D eigenvalue weighted by atomic mass is 16.4. The van der Waals surface area contributed by atoms with Crippen LogP contribution in [-0.4, -0.2) is 29.7 Å². The first kappa shape index (κ1) is 17.8. The first-order chi connectivity index (χ1) is 9.70. The third-order valence-corrected chi connectivity index (χ3v) is 4.27. The van der Waals surface area contributed by atoms with Gasteiger partial charge >= 0.3 is 12.0 Å². The van der Waals surface area contributed by atoms with Gasteiger partial charge < -0.3 is 15.7 Å². The fraction of sp³-hybridized carbons (Fsp3) is 0.875. The van der Waals surface area contributed by atoms with Crippen molar-refractivity contribution >= 4 is 12.0 Å². The van der Waals surface area contributed by atoms with E-state index >= 15 is 0 Å². The van der Waals surface area contributed by atoms with Crippen molar-refractivity contribution in [3.63, 3.8) is 0 Å². The van der Waals surface area contributed by atoms with Crippen LogP contribution < -0.4 is 10.6 Å². The molecule has 1 aliphatic rings. The third-order valence-electron chi connectivity index (χ3n) is 4.27. The molecule has 0 aromatic carbocycles. The number of carboxylic acids is 1. The first-order valence-corrected chi connectivity index (χ1v) is 7.97. The molecule has 0 heterocycles. The molecule has 0 saturated heterocycles. The molecule has 1 rings (SSSR count). The van der Waals surface area contributed by atoms with Gasteiger partial charge in [-0.15, -0.1) is 0 Å². The fourth-order valence-electron chi connectivity index (χ4n) is 3.04. The number of carboxylic acid groups (broad SMARTS) is 1. The minimum Gasteiger partial charge on any atom is -0.480 e. The summed E-state index contributed by atoms with van der Waals surface area (Å²) in [6.07, 6.45) is 6.06. The van der Waals surface area contributed by atoms with Gasteiger partial charge in [0.15, 0.2) is 0 Å². The molecule has 1 saturated carbocycles. The topological polar surface area (TPSA) is 78.4 Å². The van der Waals surface area contributed by atoms with Crippen LogP contribution in [0.2, 0.25) is 0 Å². The lowest BCUT2D eigenvalue weighted by Gasteiger charge is -2.28. The summed E-state index contributed by atoms with van der Waals surface area (Å²) in [5.74, 6) is 0.473. The van der Waals surface area contributed by atoms with E-state index in [9.17, 15) is 14.7 Å². The van der Waals surface area contributed by atoms with Gasteiger partial charge in [-0.25, -0.2) is 9.59 Å². The van der Waals surface area contributed by atoms with E-state index in [0.29, 0.717) is 12.5 Å². The van der Waals surface area contributed by atoms with Crippen LogP contribution in [0, 0.1) is 17.3 Å². The fourth-order valence-corrected chi connectivity index (χ4v) is 3.04. The van der Waals surface area contributed by atoms with E-state index in [4.69, 9.17) is 0 Å². The van der Waals surface area contributed by atoms with Gasteiger partial charge in [0.05, 0.1) is 0 Å². The van der Waals surface area contributed by atoms with Gasteiger partial charge in [-0.3, -0.25) is 0 Å². The molecule has 0 radical (unpaired) electrons. The zero-order valence-corrected chi connectivity index (χ0v) is 13.7. The van der Waals surface area contributed by atoms with Crippen molar-refractivity contribution in [2.24, 2.45) is 17.3 Å². The van der Waals surface area contributed by atoms with E-state index in [2.05, 4.69) is 17.6 Å². The number of hydrogen-bond donors (Lipinski definition) is 3. The molecule has 2 unspecified atom stereocenters. The highest BCUT2D eigenvalue weighted by Crippen LogP contribution is 2.30. The Bertz CT molecular complexity index is 363. The minimum atomic E-state index is -1.00. The van der Waals surface area contributed by atoms with Crippen molar-refractivity contribution < 1.29 is 14.7 Å². The average Bonchev–Trinajstić information content (AvgIpc) is 2.34. The Kier molecular flexibility index (Phi) is 6.49. The molecule has 1 fully saturated rings. The maximum atomic E-state index is 11.8. The molecule has 0 aromatic rings. The average molecular weight is 298 g/mol. The lowest BCUT2D eigenvalue weighted by atomic mass is 9.81. The molecule has 0 spiro atoms. The van der Waals surface area contributed by atoms with Crippen LogP contribution in [0.4, 0.5) is 4.79 Å². The SMILES string of the molecule is CC1CCCC(CCNC(=O)N[C@H](C(=O)O)C(C)(C)C)C1. The second kappa shape index (κ2) is 7.66. The zero-order valence-electron chi connectivity index (χ0n) is 13.7. The molecule has 1 aliphatic carbocycles. The summed E-state index contributed by atoms with van der Waals surface area (Å²) >= 11 is 0. The number of carbonyl (C=O) groups is 2. The standard InChI is InChI=1S/C16H30N2O3/c1-11-6-5-7-12(10-11)8-9-17-15(21)18-13(14(19)20)16(2,3)4/h11-13H,5-10H2,1-4H3,(H,19,20)(H2,17,18,21)/t11?,12?,13-/m1/s1. The summed E-state index contributed by atoms with van der Waals surface area (Å²) in [6, 6.07) is -1.27. The minimum absolute atomic E-state index is 0.388. The molecular weight excluding hydrogens is 268 g/mol. The molecular formula is C16H30N2O3. The van der Waals surface area contributed by atoms with Crippen LogP contribution >= 0.6 is 0 Å². The summed E-state index contributed by atoms with van der Waals surface area (Å²) in [5.41, 5.74) is -0.512. The lowest BCUT2D eigenvalue weighted by Crippen LogP contribution is -2.52. The molecule has 5 heteroatoms. The molecule has 3 N–H and O–H groups in total. The number of amides is 2. The van der Waals surface area contributed by atoms with Crippen LogP contribution in [0.25, 0.3) is 0 Å². The quantitative estimate of drug-likeness (QED) is 0.730. The Morgan fingerprint density at radius 1 is 1.29 bits per heavy atom. The molecule has 3 atom stereocenters. The van der Waals surface area contributed by atoms with Crippen molar-refractivity contribution in [3.8, 4) is 0 Å².